The quantitative estimate of drug-likeness (QED) is 0.793. The highest BCUT2D eigenvalue weighted by Crippen LogP contribution is 2.27. The highest BCUT2D eigenvalue weighted by Gasteiger charge is 2.20. The molecule has 3 nitrogen and oxygen atoms in total. The Labute approximate surface area is 78.0 Å². The zero-order chi connectivity index (χ0) is 10.7. The van der Waals surface area contributed by atoms with Crippen LogP contribution in [-0.4, -0.2) is 4.98 Å². The van der Waals surface area contributed by atoms with Crippen LogP contribution in [0.3, 0.4) is 0 Å². The molecular weight excluding hydrogens is 195 g/mol. The van der Waals surface area contributed by atoms with Gasteiger partial charge < -0.3 is 5.73 Å². The standard InChI is InChI=1S/C8H6F3N3/c9-6-5(7(10)11)4(1-2-12)3-14-8(6)13/h3,7H,1H2,(H2,13,14). The summed E-state index contributed by atoms with van der Waals surface area (Å²) < 4.78 is 37.8. The van der Waals surface area contributed by atoms with E-state index in [1.807, 2.05) is 0 Å². The first-order chi connectivity index (χ1) is 6.57. The van der Waals surface area contributed by atoms with Crippen LogP contribution in [-0.2, 0) is 6.42 Å². The van der Waals surface area contributed by atoms with Gasteiger partial charge in [-0.2, -0.15) is 5.26 Å². The minimum absolute atomic E-state index is 0.130. The Hall–Kier alpha value is -1.77. The van der Waals surface area contributed by atoms with Crippen molar-refractivity contribution in [3.63, 3.8) is 0 Å². The predicted molar refractivity (Wildman–Crippen MR) is 42.9 cm³/mol. The van der Waals surface area contributed by atoms with Crippen LogP contribution in [0.2, 0.25) is 0 Å². The molecule has 74 valence electrons. The first kappa shape index (κ1) is 10.3. The molecule has 6 heteroatoms. The lowest BCUT2D eigenvalue weighted by molar-refractivity contribution is 0.145. The molecule has 0 atom stereocenters. The van der Waals surface area contributed by atoms with Gasteiger partial charge in [0.1, 0.15) is 0 Å². The Bertz CT molecular complexity index is 384. The number of anilines is 1. The third-order valence-electron chi connectivity index (χ3n) is 1.65. The second kappa shape index (κ2) is 3.96. The first-order valence-electron chi connectivity index (χ1n) is 3.65. The fraction of sp³-hybridized carbons (Fsp3) is 0.250. The molecule has 0 unspecified atom stereocenters. The lowest BCUT2D eigenvalue weighted by Gasteiger charge is -2.07. The van der Waals surface area contributed by atoms with Crippen LogP contribution in [0.15, 0.2) is 6.20 Å². The van der Waals surface area contributed by atoms with Gasteiger partial charge in [-0.05, 0) is 5.56 Å². The summed E-state index contributed by atoms with van der Waals surface area (Å²) in [7, 11) is 0. The average molecular weight is 201 g/mol. The Balaban J connectivity index is 3.31. The number of hydrogen-bond acceptors (Lipinski definition) is 3. The molecule has 1 aromatic heterocycles. The molecule has 1 aromatic rings. The fourth-order valence-corrected chi connectivity index (χ4v) is 1.01. The van der Waals surface area contributed by atoms with Crippen LogP contribution < -0.4 is 5.73 Å². The SMILES string of the molecule is N#CCc1cnc(N)c(F)c1C(F)F. The smallest absolute Gasteiger partial charge is 0.267 e. The van der Waals surface area contributed by atoms with Crippen molar-refractivity contribution in [2.45, 2.75) is 12.8 Å². The van der Waals surface area contributed by atoms with Gasteiger partial charge in [-0.3, -0.25) is 0 Å². The van der Waals surface area contributed by atoms with E-state index in [-0.39, 0.29) is 12.0 Å². The number of rotatable bonds is 2. The second-order valence-corrected chi connectivity index (χ2v) is 2.53. The Kier molecular flexibility index (Phi) is 2.92. The van der Waals surface area contributed by atoms with E-state index in [0.717, 1.165) is 6.20 Å². The number of alkyl halides is 2. The van der Waals surface area contributed by atoms with Gasteiger partial charge in [0.15, 0.2) is 11.6 Å². The summed E-state index contributed by atoms with van der Waals surface area (Å²) in [5.41, 5.74) is 4.06. The molecule has 0 saturated heterocycles. The molecule has 0 amide bonds. The minimum Gasteiger partial charge on any atom is -0.381 e. The molecule has 0 aliphatic carbocycles. The topological polar surface area (TPSA) is 62.7 Å². The zero-order valence-corrected chi connectivity index (χ0v) is 6.97. The molecule has 1 rings (SSSR count). The molecule has 0 radical (unpaired) electrons. The van der Waals surface area contributed by atoms with Gasteiger partial charge in [0.2, 0.25) is 0 Å². The van der Waals surface area contributed by atoms with E-state index < -0.39 is 23.6 Å². The summed E-state index contributed by atoms with van der Waals surface area (Å²) in [6, 6.07) is 1.65. The van der Waals surface area contributed by atoms with E-state index in [1.54, 1.807) is 6.07 Å². The summed E-state index contributed by atoms with van der Waals surface area (Å²) in [6.07, 6.45) is -2.32. The summed E-state index contributed by atoms with van der Waals surface area (Å²) in [6.45, 7) is 0. The Morgan fingerprint density at radius 3 is 2.71 bits per heavy atom. The predicted octanol–water partition coefficient (Wildman–Crippen LogP) is 1.81. The Morgan fingerprint density at radius 2 is 2.21 bits per heavy atom. The van der Waals surface area contributed by atoms with Crippen molar-refractivity contribution in [2.75, 3.05) is 5.73 Å². The maximum atomic E-state index is 13.1. The normalized spacial score (nSPS) is 10.2. The van der Waals surface area contributed by atoms with Crippen LogP contribution >= 0.6 is 0 Å². The Morgan fingerprint density at radius 1 is 1.57 bits per heavy atom. The number of nitrogens with zero attached hydrogens (tertiary/aromatic N) is 2. The van der Waals surface area contributed by atoms with Gasteiger partial charge in [0.25, 0.3) is 6.43 Å². The first-order valence-corrected chi connectivity index (χ1v) is 3.65. The molecule has 2 N–H and O–H groups in total. The lowest BCUT2D eigenvalue weighted by Crippen LogP contribution is -2.05. The number of nitrogen functional groups attached to an aromatic ring is 1. The molecule has 0 spiro atoms. The van der Waals surface area contributed by atoms with Crippen LogP contribution in [0, 0.1) is 17.1 Å². The van der Waals surface area contributed by atoms with Crippen molar-refractivity contribution < 1.29 is 13.2 Å². The molecule has 0 aliphatic heterocycles. The van der Waals surface area contributed by atoms with E-state index in [9.17, 15) is 13.2 Å². The summed E-state index contributed by atoms with van der Waals surface area (Å²) in [4.78, 5) is 3.36. The van der Waals surface area contributed by atoms with Crippen molar-refractivity contribution in [3.05, 3.63) is 23.1 Å². The number of hydrogen-bond donors (Lipinski definition) is 1. The second-order valence-electron chi connectivity index (χ2n) is 2.53. The van der Waals surface area contributed by atoms with Crippen LogP contribution in [0.25, 0.3) is 0 Å². The molecule has 14 heavy (non-hydrogen) atoms. The maximum absolute atomic E-state index is 13.1. The summed E-state index contributed by atoms with van der Waals surface area (Å²) >= 11 is 0. The monoisotopic (exact) mass is 201 g/mol. The molecule has 0 aliphatic rings. The van der Waals surface area contributed by atoms with Gasteiger partial charge >= 0.3 is 0 Å². The van der Waals surface area contributed by atoms with Gasteiger partial charge in [-0.1, -0.05) is 0 Å². The zero-order valence-electron chi connectivity index (χ0n) is 6.97. The number of aromatic nitrogens is 1. The van der Waals surface area contributed by atoms with Crippen LogP contribution in [0.4, 0.5) is 19.0 Å². The van der Waals surface area contributed by atoms with Crippen LogP contribution in [0.1, 0.15) is 17.6 Å². The number of pyridine rings is 1. The van der Waals surface area contributed by atoms with E-state index >= 15 is 0 Å². The average Bonchev–Trinajstić information content (AvgIpc) is 2.11. The van der Waals surface area contributed by atoms with E-state index in [4.69, 9.17) is 11.0 Å². The molecule has 0 aromatic carbocycles. The highest BCUT2D eigenvalue weighted by molar-refractivity contribution is 5.41. The number of nitriles is 1. The van der Waals surface area contributed by atoms with E-state index in [0.29, 0.717) is 0 Å². The van der Waals surface area contributed by atoms with E-state index in [2.05, 4.69) is 4.98 Å². The van der Waals surface area contributed by atoms with Gasteiger partial charge in [-0.15, -0.1) is 0 Å². The number of nitrogens with two attached hydrogens (primary N) is 1. The third kappa shape index (κ3) is 1.76. The molecule has 0 fully saturated rings. The van der Waals surface area contributed by atoms with Crippen molar-refractivity contribution in [1.82, 2.24) is 4.98 Å². The largest absolute Gasteiger partial charge is 0.381 e. The van der Waals surface area contributed by atoms with Crippen LogP contribution in [0.5, 0.6) is 0 Å². The fourth-order valence-electron chi connectivity index (χ4n) is 1.01. The maximum Gasteiger partial charge on any atom is 0.267 e. The van der Waals surface area contributed by atoms with Gasteiger partial charge in [0, 0.05) is 6.20 Å². The summed E-state index contributed by atoms with van der Waals surface area (Å²) in [5, 5.41) is 8.31. The minimum atomic E-state index is -3.00. The number of halogens is 3. The van der Waals surface area contributed by atoms with Crippen molar-refractivity contribution in [3.8, 4) is 6.07 Å². The van der Waals surface area contributed by atoms with E-state index in [1.165, 1.54) is 0 Å². The molecule has 0 bridgehead atoms. The molecular formula is C8H6F3N3. The summed E-state index contributed by atoms with van der Waals surface area (Å²) in [5.74, 6) is -1.82. The van der Waals surface area contributed by atoms with Crippen molar-refractivity contribution in [1.29, 1.82) is 5.26 Å². The van der Waals surface area contributed by atoms with Crippen molar-refractivity contribution >= 4 is 5.82 Å². The third-order valence-corrected chi connectivity index (χ3v) is 1.65. The lowest BCUT2D eigenvalue weighted by atomic mass is 10.1. The highest BCUT2D eigenvalue weighted by atomic mass is 19.3. The van der Waals surface area contributed by atoms with Gasteiger partial charge in [-0.25, -0.2) is 18.2 Å². The molecule has 1 heterocycles. The van der Waals surface area contributed by atoms with Crippen molar-refractivity contribution in [2.24, 2.45) is 0 Å². The molecule has 0 saturated carbocycles. The van der Waals surface area contributed by atoms with Gasteiger partial charge in [0.05, 0.1) is 18.1 Å².